The fourth-order valence-corrected chi connectivity index (χ4v) is 5.73. The van der Waals surface area contributed by atoms with Crippen molar-refractivity contribution in [3.63, 3.8) is 0 Å². The van der Waals surface area contributed by atoms with Crippen molar-refractivity contribution >= 4 is 32.2 Å². The van der Waals surface area contributed by atoms with Gasteiger partial charge in [0.05, 0.1) is 17.6 Å². The lowest BCUT2D eigenvalue weighted by molar-refractivity contribution is 0.590. The van der Waals surface area contributed by atoms with E-state index >= 15 is 0 Å². The number of rotatable bonds is 6. The summed E-state index contributed by atoms with van der Waals surface area (Å²) in [5.41, 5.74) is 5.08. The molecule has 1 aromatic heterocycles. The first-order chi connectivity index (χ1) is 13.4. The number of anilines is 2. The Bertz CT molecular complexity index is 1080. The first-order valence-corrected chi connectivity index (χ1v) is 12.0. The zero-order valence-electron chi connectivity index (χ0n) is 15.9. The predicted molar refractivity (Wildman–Crippen MR) is 117 cm³/mol. The second-order valence-corrected chi connectivity index (χ2v) is 9.87. The van der Waals surface area contributed by atoms with Gasteiger partial charge in [-0.2, -0.15) is 0 Å². The SMILES string of the molecule is C[C@H]1Cc2cc(-c3csc(NCCc4ccccc4)n3)ccc2N1S(C)(=O)=O. The molecule has 1 atom stereocenters. The van der Waals surface area contributed by atoms with Crippen LogP contribution in [-0.4, -0.2) is 32.2 Å². The molecule has 5 nitrogen and oxygen atoms in total. The Labute approximate surface area is 170 Å². The van der Waals surface area contributed by atoms with E-state index in [2.05, 4.69) is 35.6 Å². The van der Waals surface area contributed by atoms with Crippen LogP contribution in [0.1, 0.15) is 18.1 Å². The molecule has 0 saturated heterocycles. The zero-order chi connectivity index (χ0) is 19.7. The Morgan fingerprint density at radius 1 is 1.21 bits per heavy atom. The van der Waals surface area contributed by atoms with Crippen molar-refractivity contribution in [2.75, 3.05) is 22.4 Å². The first-order valence-electron chi connectivity index (χ1n) is 9.28. The fraction of sp³-hybridized carbons (Fsp3) is 0.286. The summed E-state index contributed by atoms with van der Waals surface area (Å²) in [6, 6.07) is 16.3. The molecule has 1 aliphatic heterocycles. The van der Waals surface area contributed by atoms with Crippen molar-refractivity contribution in [3.05, 3.63) is 65.0 Å². The van der Waals surface area contributed by atoms with Crippen molar-refractivity contribution in [1.29, 1.82) is 0 Å². The van der Waals surface area contributed by atoms with Crippen LogP contribution in [0.15, 0.2) is 53.9 Å². The molecular weight excluding hydrogens is 390 g/mol. The lowest BCUT2D eigenvalue weighted by Gasteiger charge is -2.21. The van der Waals surface area contributed by atoms with E-state index in [-0.39, 0.29) is 6.04 Å². The number of hydrogen-bond acceptors (Lipinski definition) is 5. The van der Waals surface area contributed by atoms with E-state index in [1.807, 2.05) is 30.5 Å². The number of fused-ring (bicyclic) bond motifs is 1. The van der Waals surface area contributed by atoms with Gasteiger partial charge in [0.15, 0.2) is 5.13 Å². The van der Waals surface area contributed by atoms with Crippen molar-refractivity contribution in [1.82, 2.24) is 4.98 Å². The number of benzene rings is 2. The molecule has 28 heavy (non-hydrogen) atoms. The van der Waals surface area contributed by atoms with Gasteiger partial charge in [0.2, 0.25) is 10.0 Å². The molecule has 0 spiro atoms. The largest absolute Gasteiger partial charge is 0.361 e. The number of hydrogen-bond donors (Lipinski definition) is 1. The number of thiazole rings is 1. The third kappa shape index (κ3) is 3.91. The maximum Gasteiger partial charge on any atom is 0.232 e. The van der Waals surface area contributed by atoms with Gasteiger partial charge in [-0.25, -0.2) is 13.4 Å². The standard InChI is InChI=1S/C21H23N3O2S2/c1-15-12-18-13-17(8-9-20(18)24(15)28(2,25)26)19-14-27-21(23-19)22-11-10-16-6-4-3-5-7-16/h3-9,13-15H,10-12H2,1-2H3,(H,22,23)/t15-/m0/s1. The average molecular weight is 414 g/mol. The summed E-state index contributed by atoms with van der Waals surface area (Å²) in [6.45, 7) is 2.78. The molecule has 1 aliphatic rings. The maximum atomic E-state index is 12.1. The quantitative estimate of drug-likeness (QED) is 0.659. The summed E-state index contributed by atoms with van der Waals surface area (Å²) in [5.74, 6) is 0. The van der Waals surface area contributed by atoms with Gasteiger partial charge in [-0.15, -0.1) is 11.3 Å². The maximum absolute atomic E-state index is 12.1. The van der Waals surface area contributed by atoms with Gasteiger partial charge in [-0.05, 0) is 43.0 Å². The number of aromatic nitrogens is 1. The van der Waals surface area contributed by atoms with Crippen LogP contribution in [0, 0.1) is 0 Å². The molecule has 0 amide bonds. The van der Waals surface area contributed by atoms with E-state index < -0.39 is 10.0 Å². The van der Waals surface area contributed by atoms with Crippen molar-refractivity contribution in [2.45, 2.75) is 25.8 Å². The monoisotopic (exact) mass is 413 g/mol. The van der Waals surface area contributed by atoms with Gasteiger partial charge in [-0.3, -0.25) is 4.31 Å². The highest BCUT2D eigenvalue weighted by Crippen LogP contribution is 2.37. The van der Waals surface area contributed by atoms with E-state index in [0.717, 1.165) is 47.0 Å². The molecule has 0 saturated carbocycles. The van der Waals surface area contributed by atoms with E-state index in [1.165, 1.54) is 16.1 Å². The van der Waals surface area contributed by atoms with Crippen molar-refractivity contribution in [3.8, 4) is 11.3 Å². The number of nitrogens with one attached hydrogen (secondary N) is 1. The molecule has 2 aromatic carbocycles. The Hall–Kier alpha value is -2.38. The average Bonchev–Trinajstić information content (AvgIpc) is 3.25. The molecule has 0 fully saturated rings. The zero-order valence-corrected chi connectivity index (χ0v) is 17.6. The minimum Gasteiger partial charge on any atom is -0.361 e. The lowest BCUT2D eigenvalue weighted by Crippen LogP contribution is -2.34. The smallest absolute Gasteiger partial charge is 0.232 e. The molecule has 7 heteroatoms. The van der Waals surface area contributed by atoms with Crippen LogP contribution >= 0.6 is 11.3 Å². The lowest BCUT2D eigenvalue weighted by atomic mass is 10.1. The molecule has 0 radical (unpaired) electrons. The predicted octanol–water partition coefficient (Wildman–Crippen LogP) is 4.18. The van der Waals surface area contributed by atoms with Crippen LogP contribution in [0.4, 0.5) is 10.8 Å². The van der Waals surface area contributed by atoms with E-state index in [9.17, 15) is 8.42 Å². The summed E-state index contributed by atoms with van der Waals surface area (Å²) in [5, 5.41) is 6.33. The summed E-state index contributed by atoms with van der Waals surface area (Å²) < 4.78 is 25.7. The molecule has 1 N–H and O–H groups in total. The van der Waals surface area contributed by atoms with Gasteiger partial charge in [-0.1, -0.05) is 36.4 Å². The highest BCUT2D eigenvalue weighted by Gasteiger charge is 2.32. The molecule has 4 rings (SSSR count). The van der Waals surface area contributed by atoms with Gasteiger partial charge in [0, 0.05) is 23.5 Å². The van der Waals surface area contributed by atoms with E-state index in [4.69, 9.17) is 4.98 Å². The summed E-state index contributed by atoms with van der Waals surface area (Å²) in [6.07, 6.45) is 2.94. The molecular formula is C21H23N3O2S2. The Morgan fingerprint density at radius 3 is 2.75 bits per heavy atom. The van der Waals surface area contributed by atoms with Crippen LogP contribution in [0.2, 0.25) is 0 Å². The Kier molecular flexibility index (Phi) is 5.12. The minimum atomic E-state index is -3.26. The normalized spacial score (nSPS) is 16.2. The second kappa shape index (κ2) is 7.56. The van der Waals surface area contributed by atoms with E-state index in [0.29, 0.717) is 0 Å². The summed E-state index contributed by atoms with van der Waals surface area (Å²) in [7, 11) is -3.26. The Morgan fingerprint density at radius 2 is 2.00 bits per heavy atom. The Balaban J connectivity index is 1.47. The van der Waals surface area contributed by atoms with Crippen LogP contribution < -0.4 is 9.62 Å². The number of nitrogens with zero attached hydrogens (tertiary/aromatic N) is 2. The van der Waals surface area contributed by atoms with Gasteiger partial charge in [0.25, 0.3) is 0 Å². The van der Waals surface area contributed by atoms with Crippen molar-refractivity contribution < 1.29 is 8.42 Å². The second-order valence-electron chi connectivity index (χ2n) is 7.16. The minimum absolute atomic E-state index is 0.0501. The molecule has 146 valence electrons. The summed E-state index contributed by atoms with van der Waals surface area (Å²) in [4.78, 5) is 4.70. The van der Waals surface area contributed by atoms with Crippen LogP contribution in [0.3, 0.4) is 0 Å². The molecule has 0 unspecified atom stereocenters. The molecule has 0 bridgehead atoms. The highest BCUT2D eigenvalue weighted by atomic mass is 32.2. The van der Waals surface area contributed by atoms with Gasteiger partial charge < -0.3 is 5.32 Å². The molecule has 3 aromatic rings. The molecule has 2 heterocycles. The van der Waals surface area contributed by atoms with Gasteiger partial charge in [0.1, 0.15) is 0 Å². The van der Waals surface area contributed by atoms with Crippen LogP contribution in [0.5, 0.6) is 0 Å². The third-order valence-electron chi connectivity index (χ3n) is 4.92. The van der Waals surface area contributed by atoms with Crippen molar-refractivity contribution in [2.24, 2.45) is 0 Å². The fourth-order valence-electron chi connectivity index (χ4n) is 3.71. The van der Waals surface area contributed by atoms with Crippen LogP contribution in [0.25, 0.3) is 11.3 Å². The molecule has 0 aliphatic carbocycles. The van der Waals surface area contributed by atoms with Gasteiger partial charge >= 0.3 is 0 Å². The van der Waals surface area contributed by atoms with Crippen LogP contribution in [-0.2, 0) is 22.9 Å². The third-order valence-corrected chi connectivity index (χ3v) is 6.99. The number of sulfonamides is 1. The summed E-state index contributed by atoms with van der Waals surface area (Å²) >= 11 is 1.59. The van der Waals surface area contributed by atoms with E-state index in [1.54, 1.807) is 11.3 Å². The highest BCUT2D eigenvalue weighted by molar-refractivity contribution is 7.92. The topological polar surface area (TPSA) is 62.3 Å². The first kappa shape index (κ1) is 19.0.